The van der Waals surface area contributed by atoms with Crippen molar-refractivity contribution >= 4 is 23.6 Å². The number of anilines is 2. The molecule has 0 aliphatic carbocycles. The van der Waals surface area contributed by atoms with Crippen molar-refractivity contribution in [3.05, 3.63) is 117 Å². The number of nitrogens with zero attached hydrogens (tertiary/aromatic N) is 8. The SMILES string of the molecule is CCC(c1ccc(OC)nc1)n1ccn(CCCc2ccc3c(n2)NCCC3)c1=O.COc1ccc(C(CC(=O)O)N2CCN(CCCc3ccc4c(n3)NCCC4)C2=O)cn1. The van der Waals surface area contributed by atoms with Gasteiger partial charge in [0, 0.05) is 87.6 Å². The van der Waals surface area contributed by atoms with Crippen molar-refractivity contribution in [1.82, 2.24) is 38.9 Å². The molecular weight excluding hydrogens is 789 g/mol. The molecule has 328 valence electrons. The minimum absolute atomic E-state index is 0.0118. The Balaban J connectivity index is 0.000000187. The van der Waals surface area contributed by atoms with E-state index in [4.69, 9.17) is 19.4 Å². The first-order valence-electron chi connectivity index (χ1n) is 21.7. The molecule has 16 heteroatoms. The number of hydrogen-bond donors (Lipinski definition) is 3. The van der Waals surface area contributed by atoms with Gasteiger partial charge in [-0.25, -0.2) is 29.5 Å². The number of imidazole rings is 1. The van der Waals surface area contributed by atoms with Gasteiger partial charge >= 0.3 is 17.7 Å². The van der Waals surface area contributed by atoms with E-state index >= 15 is 0 Å². The van der Waals surface area contributed by atoms with Crippen LogP contribution >= 0.6 is 0 Å². The maximum Gasteiger partial charge on any atom is 0.328 e. The van der Waals surface area contributed by atoms with Crippen LogP contribution in [0.3, 0.4) is 0 Å². The number of ether oxygens (including phenoxy) is 2. The van der Waals surface area contributed by atoms with Crippen LogP contribution in [0.1, 0.15) is 91.2 Å². The monoisotopic (exact) mass is 846 g/mol. The Morgan fingerprint density at radius 2 is 1.34 bits per heavy atom. The number of aryl methyl sites for hydroxylation is 5. The molecule has 0 saturated carbocycles. The second-order valence-electron chi connectivity index (χ2n) is 15.8. The zero-order valence-corrected chi connectivity index (χ0v) is 36.0. The van der Waals surface area contributed by atoms with E-state index in [2.05, 4.69) is 51.8 Å². The first kappa shape index (κ1) is 43.6. The van der Waals surface area contributed by atoms with E-state index < -0.39 is 12.0 Å². The zero-order valence-electron chi connectivity index (χ0n) is 36.0. The lowest BCUT2D eigenvalue weighted by Crippen LogP contribution is -2.36. The molecule has 8 heterocycles. The average molecular weight is 847 g/mol. The standard InChI is InChI=1S/C23H29N5O4.C23H29N5O2/c1-32-20-9-7-17(15-25-20)19(14-21(29)30)28-13-12-27(23(28)31)11-3-5-18-8-6-16-4-2-10-24-22(16)26-18;1-3-20(18-9-11-21(30-2)25-16-18)28-15-14-27(23(28)29)13-5-7-19-10-8-17-6-4-12-24-22(17)26-19/h6-9,15,19H,2-5,10-14H2,1H3,(H,24,26)(H,29,30);8-11,14-16,20H,3-7,12-13H2,1-2H3,(H,24,26). The van der Waals surface area contributed by atoms with Gasteiger partial charge in [-0.15, -0.1) is 0 Å². The van der Waals surface area contributed by atoms with E-state index in [1.807, 2.05) is 24.5 Å². The number of carboxylic acid groups (broad SMARTS) is 1. The van der Waals surface area contributed by atoms with E-state index in [0.717, 1.165) is 93.0 Å². The van der Waals surface area contributed by atoms with Gasteiger partial charge in [-0.2, -0.15) is 0 Å². The predicted molar refractivity (Wildman–Crippen MR) is 236 cm³/mol. The van der Waals surface area contributed by atoms with Crippen LogP contribution in [-0.4, -0.2) is 103 Å². The number of urea groups is 1. The third-order valence-electron chi connectivity index (χ3n) is 11.8. The summed E-state index contributed by atoms with van der Waals surface area (Å²) in [7, 11) is 3.12. The van der Waals surface area contributed by atoms with E-state index in [1.165, 1.54) is 24.7 Å². The number of pyridine rings is 4. The molecule has 2 unspecified atom stereocenters. The van der Waals surface area contributed by atoms with Gasteiger partial charge in [0.2, 0.25) is 11.8 Å². The Hall–Kier alpha value is -6.45. The van der Waals surface area contributed by atoms with E-state index in [9.17, 15) is 19.5 Å². The zero-order chi connectivity index (χ0) is 43.4. The highest BCUT2D eigenvalue weighted by atomic mass is 16.5. The number of aliphatic carboxylic acids is 1. The smallest absolute Gasteiger partial charge is 0.328 e. The molecule has 2 amide bonds. The molecule has 0 spiro atoms. The van der Waals surface area contributed by atoms with Crippen LogP contribution in [-0.2, 0) is 37.0 Å². The summed E-state index contributed by atoms with van der Waals surface area (Å²) in [5.41, 5.74) is 6.37. The second kappa shape index (κ2) is 20.9. The molecule has 0 radical (unpaired) electrons. The Morgan fingerprint density at radius 3 is 1.87 bits per heavy atom. The Labute approximate surface area is 362 Å². The molecule has 3 N–H and O–H groups in total. The van der Waals surface area contributed by atoms with Gasteiger partial charge in [-0.1, -0.05) is 31.2 Å². The number of carbonyl (C=O) groups is 2. The third-order valence-corrected chi connectivity index (χ3v) is 11.8. The lowest BCUT2D eigenvalue weighted by molar-refractivity contribution is -0.138. The van der Waals surface area contributed by atoms with Gasteiger partial charge in [0.25, 0.3) is 0 Å². The Bertz CT molecular complexity index is 2330. The van der Waals surface area contributed by atoms with Crippen LogP contribution in [0.4, 0.5) is 16.4 Å². The lowest BCUT2D eigenvalue weighted by atomic mass is 10.0. The largest absolute Gasteiger partial charge is 0.481 e. The van der Waals surface area contributed by atoms with E-state index in [0.29, 0.717) is 43.5 Å². The first-order valence-corrected chi connectivity index (χ1v) is 21.7. The summed E-state index contributed by atoms with van der Waals surface area (Å²) in [6.45, 7) is 6.39. The molecule has 5 aromatic rings. The lowest BCUT2D eigenvalue weighted by Gasteiger charge is -2.27. The van der Waals surface area contributed by atoms with Crippen LogP contribution in [0.25, 0.3) is 0 Å². The number of carboxylic acids is 1. The maximum atomic E-state index is 13.0. The highest BCUT2D eigenvalue weighted by Crippen LogP contribution is 2.29. The van der Waals surface area contributed by atoms with Crippen molar-refractivity contribution in [2.75, 3.05) is 57.6 Å². The quantitative estimate of drug-likeness (QED) is 0.0970. The van der Waals surface area contributed by atoms with Crippen molar-refractivity contribution in [1.29, 1.82) is 0 Å². The van der Waals surface area contributed by atoms with Crippen LogP contribution < -0.4 is 25.8 Å². The Kier molecular flexibility index (Phi) is 14.7. The van der Waals surface area contributed by atoms with E-state index in [1.54, 1.807) is 50.6 Å². The molecule has 1 fully saturated rings. The number of rotatable bonds is 17. The molecule has 5 aromatic heterocycles. The number of methoxy groups -OCH3 is 2. The summed E-state index contributed by atoms with van der Waals surface area (Å²) >= 11 is 0. The van der Waals surface area contributed by atoms with Crippen molar-refractivity contribution in [3.8, 4) is 11.8 Å². The molecule has 0 bridgehead atoms. The molecule has 62 heavy (non-hydrogen) atoms. The fourth-order valence-electron chi connectivity index (χ4n) is 8.42. The normalized spacial score (nSPS) is 15.3. The van der Waals surface area contributed by atoms with Crippen molar-refractivity contribution in [3.63, 3.8) is 0 Å². The fraction of sp³-hybridized carbons (Fsp3) is 0.457. The minimum atomic E-state index is -0.954. The van der Waals surface area contributed by atoms with E-state index in [-0.39, 0.29) is 24.2 Å². The number of amides is 2. The predicted octanol–water partition coefficient (Wildman–Crippen LogP) is 6.17. The average Bonchev–Trinajstić information content (AvgIpc) is 3.86. The van der Waals surface area contributed by atoms with Crippen LogP contribution in [0, 0.1) is 0 Å². The van der Waals surface area contributed by atoms with Crippen LogP contribution in [0.2, 0.25) is 0 Å². The Morgan fingerprint density at radius 1 is 0.758 bits per heavy atom. The molecule has 3 aliphatic heterocycles. The summed E-state index contributed by atoms with van der Waals surface area (Å²) in [5, 5.41) is 16.1. The summed E-state index contributed by atoms with van der Waals surface area (Å²) in [4.78, 5) is 58.8. The van der Waals surface area contributed by atoms with Gasteiger partial charge in [-0.3, -0.25) is 13.9 Å². The number of aromatic nitrogens is 6. The van der Waals surface area contributed by atoms with Crippen LogP contribution in [0.5, 0.6) is 11.8 Å². The highest BCUT2D eigenvalue weighted by Gasteiger charge is 2.35. The first-order chi connectivity index (χ1) is 30.2. The molecule has 0 aromatic carbocycles. The summed E-state index contributed by atoms with van der Waals surface area (Å²) < 4.78 is 13.8. The molecular formula is C46H58N10O6. The number of hydrogen-bond acceptors (Lipinski definition) is 11. The summed E-state index contributed by atoms with van der Waals surface area (Å²) in [6.07, 6.45) is 15.5. The van der Waals surface area contributed by atoms with Gasteiger partial charge in [-0.05, 0) is 92.2 Å². The summed E-state index contributed by atoms with van der Waals surface area (Å²) in [5.74, 6) is 2.08. The highest BCUT2D eigenvalue weighted by molar-refractivity contribution is 5.78. The van der Waals surface area contributed by atoms with Gasteiger partial charge in [0.1, 0.15) is 11.6 Å². The molecule has 3 aliphatic rings. The third kappa shape index (κ3) is 10.7. The second-order valence-corrected chi connectivity index (χ2v) is 15.8. The van der Waals surface area contributed by atoms with Crippen molar-refractivity contribution < 1.29 is 24.2 Å². The molecule has 2 atom stereocenters. The topological polar surface area (TPSA) is 182 Å². The molecule has 8 rings (SSSR count). The molecule has 16 nitrogen and oxygen atoms in total. The van der Waals surface area contributed by atoms with Crippen molar-refractivity contribution in [2.24, 2.45) is 0 Å². The summed E-state index contributed by atoms with van der Waals surface area (Å²) in [6, 6.07) is 15.0. The fourth-order valence-corrected chi connectivity index (χ4v) is 8.42. The minimum Gasteiger partial charge on any atom is -0.481 e. The van der Waals surface area contributed by atoms with Crippen molar-refractivity contribution in [2.45, 2.75) is 89.8 Å². The maximum absolute atomic E-state index is 13.0. The number of fused-ring (bicyclic) bond motifs is 2. The van der Waals surface area contributed by atoms with Crippen LogP contribution in [0.15, 0.2) is 78.1 Å². The van der Waals surface area contributed by atoms with Gasteiger partial charge in [0.05, 0.1) is 32.7 Å². The van der Waals surface area contributed by atoms with Gasteiger partial charge < -0.3 is 35.0 Å². The van der Waals surface area contributed by atoms with Gasteiger partial charge in [0.15, 0.2) is 0 Å². The number of carbonyl (C=O) groups excluding carboxylic acids is 1. The number of nitrogens with one attached hydrogen (secondary N) is 2. The molecule has 1 saturated heterocycles.